The molecule has 1 heterocycles. The van der Waals surface area contributed by atoms with E-state index in [1.807, 2.05) is 13.8 Å². The van der Waals surface area contributed by atoms with Crippen LogP contribution < -0.4 is 20.1 Å². The van der Waals surface area contributed by atoms with Gasteiger partial charge in [0.1, 0.15) is 22.2 Å². The number of hydrogen-bond acceptors (Lipinski definition) is 6. The fraction of sp³-hybridized carbons (Fsp3) is 0.500. The van der Waals surface area contributed by atoms with E-state index in [1.165, 1.54) is 23.5 Å². The van der Waals surface area contributed by atoms with E-state index in [2.05, 4.69) is 41.1 Å². The molecule has 0 spiro atoms. The summed E-state index contributed by atoms with van der Waals surface area (Å²) in [5.74, 6) is -0.895. The molecule has 0 fully saturated rings. The number of alkyl halides is 3. The van der Waals surface area contributed by atoms with Crippen LogP contribution in [0.5, 0.6) is 11.5 Å². The van der Waals surface area contributed by atoms with Gasteiger partial charge in [0.2, 0.25) is 0 Å². The van der Waals surface area contributed by atoms with Crippen molar-refractivity contribution in [1.82, 2.24) is 15.6 Å². The molecule has 2 N–H and O–H groups in total. The summed E-state index contributed by atoms with van der Waals surface area (Å²) in [6, 6.07) is 4.71. The first-order valence-electron chi connectivity index (χ1n) is 10.1. The summed E-state index contributed by atoms with van der Waals surface area (Å²) >= 11 is 1.25. The van der Waals surface area contributed by atoms with Crippen molar-refractivity contribution in [2.45, 2.75) is 59.5 Å². The van der Waals surface area contributed by atoms with Crippen LogP contribution >= 0.6 is 11.3 Å². The van der Waals surface area contributed by atoms with Gasteiger partial charge in [0, 0.05) is 10.9 Å². The number of ether oxygens (including phenoxy) is 2. The van der Waals surface area contributed by atoms with E-state index in [-0.39, 0.29) is 41.7 Å². The van der Waals surface area contributed by atoms with E-state index in [0.29, 0.717) is 5.01 Å². The first-order valence-corrected chi connectivity index (χ1v) is 11.0. The van der Waals surface area contributed by atoms with Gasteiger partial charge in [0.05, 0.1) is 6.54 Å². The Morgan fingerprint density at radius 2 is 1.64 bits per heavy atom. The van der Waals surface area contributed by atoms with Crippen LogP contribution in [0.15, 0.2) is 29.6 Å². The fourth-order valence-electron chi connectivity index (χ4n) is 3.35. The molecule has 11 heteroatoms. The lowest BCUT2D eigenvalue weighted by molar-refractivity contribution is -0.274. The number of hydrogen-bond donors (Lipinski definition) is 2. The zero-order valence-corrected chi connectivity index (χ0v) is 19.9. The smallest absolute Gasteiger partial charge is 0.484 e. The molecule has 0 radical (unpaired) electrons. The number of aromatic nitrogens is 1. The molecule has 0 atom stereocenters. The van der Waals surface area contributed by atoms with Crippen molar-refractivity contribution in [2.75, 3.05) is 6.61 Å². The van der Waals surface area contributed by atoms with Crippen LogP contribution in [0.1, 0.15) is 56.5 Å². The molecule has 2 aromatic rings. The maximum Gasteiger partial charge on any atom is 0.573 e. The van der Waals surface area contributed by atoms with Crippen LogP contribution in [-0.4, -0.2) is 35.3 Å². The van der Waals surface area contributed by atoms with Crippen LogP contribution in [0.3, 0.4) is 0 Å². The zero-order valence-electron chi connectivity index (χ0n) is 19.1. The Hall–Kier alpha value is -2.82. The minimum atomic E-state index is -4.78. The highest BCUT2D eigenvalue weighted by atomic mass is 32.1. The Balaban J connectivity index is 1.79. The van der Waals surface area contributed by atoms with Gasteiger partial charge in [-0.05, 0) is 49.9 Å². The van der Waals surface area contributed by atoms with Crippen LogP contribution in [0.4, 0.5) is 13.2 Å². The molecule has 182 valence electrons. The van der Waals surface area contributed by atoms with Crippen molar-refractivity contribution in [2.24, 2.45) is 5.41 Å². The van der Waals surface area contributed by atoms with E-state index in [9.17, 15) is 22.8 Å². The molecule has 0 aliphatic carbocycles. The Bertz CT molecular complexity index is 951. The van der Waals surface area contributed by atoms with Crippen molar-refractivity contribution < 1.29 is 32.2 Å². The molecule has 7 nitrogen and oxygen atoms in total. The summed E-state index contributed by atoms with van der Waals surface area (Å²) < 4.78 is 45.5. The summed E-state index contributed by atoms with van der Waals surface area (Å²) in [6.45, 7) is 10.0. The summed E-state index contributed by atoms with van der Waals surface area (Å²) in [7, 11) is 0. The molecule has 1 aromatic heterocycles. The lowest BCUT2D eigenvalue weighted by Crippen LogP contribution is -2.45. The van der Waals surface area contributed by atoms with Gasteiger partial charge in [-0.2, -0.15) is 0 Å². The Labute approximate surface area is 194 Å². The molecule has 33 heavy (non-hydrogen) atoms. The molecule has 1 aromatic carbocycles. The minimum absolute atomic E-state index is 0.0508. The predicted octanol–water partition coefficient (Wildman–Crippen LogP) is 4.68. The van der Waals surface area contributed by atoms with Gasteiger partial charge in [0.25, 0.3) is 11.8 Å². The monoisotopic (exact) mass is 487 g/mol. The molecule has 2 amide bonds. The Morgan fingerprint density at radius 3 is 2.21 bits per heavy atom. The number of nitrogens with zero attached hydrogens (tertiary/aromatic N) is 1. The highest BCUT2D eigenvalue weighted by Crippen LogP contribution is 2.27. The third-order valence-corrected chi connectivity index (χ3v) is 4.92. The van der Waals surface area contributed by atoms with Crippen molar-refractivity contribution >= 4 is 23.2 Å². The fourth-order valence-corrected chi connectivity index (χ4v) is 4.06. The number of amides is 2. The molecule has 0 saturated heterocycles. The molecule has 0 aliphatic heterocycles. The molecule has 2 rings (SSSR count). The average molecular weight is 488 g/mol. The molecule has 0 aliphatic rings. The lowest BCUT2D eigenvalue weighted by atomic mass is 9.82. The second-order valence-electron chi connectivity index (χ2n) is 9.29. The number of carbonyl (C=O) groups is 2. The normalized spacial score (nSPS) is 12.2. The van der Waals surface area contributed by atoms with Crippen molar-refractivity contribution in [1.29, 1.82) is 0 Å². The first kappa shape index (κ1) is 26.4. The van der Waals surface area contributed by atoms with Crippen LogP contribution in [0.2, 0.25) is 0 Å². The molecular formula is C22H28F3N3O4S. The van der Waals surface area contributed by atoms with Gasteiger partial charge in [0.15, 0.2) is 6.61 Å². The van der Waals surface area contributed by atoms with Gasteiger partial charge >= 0.3 is 6.36 Å². The molecule has 0 unspecified atom stereocenters. The largest absolute Gasteiger partial charge is 0.573 e. The van der Waals surface area contributed by atoms with Gasteiger partial charge in [-0.3, -0.25) is 9.59 Å². The van der Waals surface area contributed by atoms with E-state index in [1.54, 1.807) is 5.38 Å². The topological polar surface area (TPSA) is 89.6 Å². The minimum Gasteiger partial charge on any atom is -0.484 e. The zero-order chi connectivity index (χ0) is 24.9. The molecule has 0 bridgehead atoms. The number of thiazole rings is 1. The van der Waals surface area contributed by atoms with E-state index >= 15 is 0 Å². The van der Waals surface area contributed by atoms with Crippen LogP contribution in [0.25, 0.3) is 0 Å². The predicted molar refractivity (Wildman–Crippen MR) is 118 cm³/mol. The van der Waals surface area contributed by atoms with E-state index in [0.717, 1.165) is 18.6 Å². The van der Waals surface area contributed by atoms with Crippen molar-refractivity contribution in [3.8, 4) is 11.5 Å². The molecular weight excluding hydrogens is 459 g/mol. The summed E-state index contributed by atoms with van der Waals surface area (Å²) in [5, 5.41) is 7.79. The van der Waals surface area contributed by atoms with Crippen molar-refractivity contribution in [3.63, 3.8) is 0 Å². The van der Waals surface area contributed by atoms with Crippen LogP contribution in [0, 0.1) is 5.41 Å². The standard InChI is InChI=1S/C22H28F3N3O4S/c1-20(2,3)13-21(4,5)28-19(30)16-12-33-18(27-16)10-26-17(29)11-31-14-6-8-15(9-7-14)32-22(23,24)25/h6-9,12H,10-11,13H2,1-5H3,(H,26,29)(H,28,30). The number of halogens is 3. The van der Waals surface area contributed by atoms with E-state index < -0.39 is 17.8 Å². The maximum atomic E-state index is 12.5. The van der Waals surface area contributed by atoms with Crippen LogP contribution in [-0.2, 0) is 11.3 Å². The van der Waals surface area contributed by atoms with Gasteiger partial charge in [-0.15, -0.1) is 24.5 Å². The third-order valence-electron chi connectivity index (χ3n) is 4.07. The van der Waals surface area contributed by atoms with E-state index in [4.69, 9.17) is 4.74 Å². The number of rotatable bonds is 9. The second kappa shape index (κ2) is 10.4. The first-order chi connectivity index (χ1) is 15.1. The summed E-state index contributed by atoms with van der Waals surface area (Å²) in [6.07, 6.45) is -3.99. The molecule has 0 saturated carbocycles. The summed E-state index contributed by atoms with van der Waals surface area (Å²) in [4.78, 5) is 28.8. The SMILES string of the molecule is CC(C)(C)CC(C)(C)NC(=O)c1csc(CNC(=O)COc2ccc(OC(F)(F)F)cc2)n1. The van der Waals surface area contributed by atoms with Gasteiger partial charge in [-0.25, -0.2) is 4.98 Å². The lowest BCUT2D eigenvalue weighted by Gasteiger charge is -2.33. The van der Waals surface area contributed by atoms with Gasteiger partial charge < -0.3 is 20.1 Å². The third kappa shape index (κ3) is 10.1. The second-order valence-corrected chi connectivity index (χ2v) is 10.2. The summed E-state index contributed by atoms with van der Waals surface area (Å²) in [5.41, 5.74) is -0.0691. The van der Waals surface area contributed by atoms with Crippen molar-refractivity contribution in [3.05, 3.63) is 40.3 Å². The van der Waals surface area contributed by atoms with Gasteiger partial charge in [-0.1, -0.05) is 20.8 Å². The highest BCUT2D eigenvalue weighted by molar-refractivity contribution is 7.09. The number of benzene rings is 1. The Kier molecular flexibility index (Phi) is 8.34. The number of nitrogens with one attached hydrogen (secondary N) is 2. The Morgan fingerprint density at radius 1 is 1.03 bits per heavy atom. The quantitative estimate of drug-likeness (QED) is 0.536. The maximum absolute atomic E-state index is 12.5. The average Bonchev–Trinajstić information content (AvgIpc) is 3.11. The highest BCUT2D eigenvalue weighted by Gasteiger charge is 2.31. The number of carbonyl (C=O) groups excluding carboxylic acids is 2.